The van der Waals surface area contributed by atoms with Crippen LogP contribution in [0.3, 0.4) is 0 Å². The first-order chi connectivity index (χ1) is 15.9. The first kappa shape index (κ1) is 23.0. The molecule has 3 aromatic carbocycles. The van der Waals surface area contributed by atoms with Crippen LogP contribution >= 0.6 is 0 Å². The van der Waals surface area contributed by atoms with E-state index in [2.05, 4.69) is 11.4 Å². The lowest BCUT2D eigenvalue weighted by Crippen LogP contribution is -2.53. The predicted octanol–water partition coefficient (Wildman–Crippen LogP) is 4.00. The summed E-state index contributed by atoms with van der Waals surface area (Å²) in [6.07, 6.45) is 3.56. The molecule has 0 heterocycles. The minimum Gasteiger partial charge on any atom is -0.358 e. The van der Waals surface area contributed by atoms with Crippen molar-refractivity contribution < 1.29 is 13.2 Å². The van der Waals surface area contributed by atoms with E-state index in [9.17, 15) is 13.2 Å². The Morgan fingerprint density at radius 1 is 1.06 bits per heavy atom. The molecule has 7 heteroatoms. The fourth-order valence-electron chi connectivity index (χ4n) is 4.63. The lowest BCUT2D eigenvalue weighted by Gasteiger charge is -2.34. The van der Waals surface area contributed by atoms with Gasteiger partial charge in [0.15, 0.2) is 0 Å². The number of sulfonamides is 1. The summed E-state index contributed by atoms with van der Waals surface area (Å²) in [5.41, 5.74) is 1.32. The highest BCUT2D eigenvalue weighted by Gasteiger charge is 2.41. The van der Waals surface area contributed by atoms with Gasteiger partial charge in [0.2, 0.25) is 15.9 Å². The van der Waals surface area contributed by atoms with Crippen LogP contribution < -0.4 is 5.32 Å². The molecule has 1 N–H and O–H groups in total. The SMILES string of the molecule is CNC(=O)[C@H](Cc1ccc(C#N)cc1)N(C1CCCC1)S(=O)(=O)c1ccc2ccccc2c1. The van der Waals surface area contributed by atoms with Crippen LogP contribution in [0.15, 0.2) is 71.6 Å². The largest absolute Gasteiger partial charge is 0.358 e. The number of rotatable bonds is 7. The van der Waals surface area contributed by atoms with E-state index in [0.29, 0.717) is 5.56 Å². The molecule has 0 aliphatic heterocycles. The molecule has 0 aromatic heterocycles. The van der Waals surface area contributed by atoms with Gasteiger partial charge in [-0.3, -0.25) is 4.79 Å². The van der Waals surface area contributed by atoms with Crippen LogP contribution in [0, 0.1) is 11.3 Å². The number of nitriles is 1. The number of benzene rings is 3. The maximum atomic E-state index is 14.0. The molecule has 0 saturated heterocycles. The van der Waals surface area contributed by atoms with Crippen molar-refractivity contribution in [3.05, 3.63) is 77.9 Å². The van der Waals surface area contributed by atoms with Crippen molar-refractivity contribution in [2.45, 2.75) is 49.1 Å². The highest BCUT2D eigenvalue weighted by Crippen LogP contribution is 2.33. The second-order valence-electron chi connectivity index (χ2n) is 8.43. The third kappa shape index (κ3) is 4.77. The van der Waals surface area contributed by atoms with Gasteiger partial charge in [0.25, 0.3) is 0 Å². The number of hydrogen-bond acceptors (Lipinski definition) is 4. The topological polar surface area (TPSA) is 90.3 Å². The minimum absolute atomic E-state index is 0.196. The standard InChI is InChI=1S/C26H27N3O3S/c1-28-26(30)25(16-19-10-12-20(18-27)13-11-19)29(23-8-4-5-9-23)33(31,32)24-15-14-21-6-2-3-7-22(21)17-24/h2-3,6-7,10-15,17,23,25H,4-5,8-9,16H2,1H3,(H,28,30)/t25-/m0/s1. The second kappa shape index (κ2) is 9.74. The van der Waals surface area contributed by atoms with Crippen molar-refractivity contribution >= 4 is 26.7 Å². The van der Waals surface area contributed by atoms with E-state index in [0.717, 1.165) is 42.0 Å². The molecule has 1 atom stereocenters. The summed E-state index contributed by atoms with van der Waals surface area (Å²) in [6, 6.07) is 20.7. The lowest BCUT2D eigenvalue weighted by molar-refractivity contribution is -0.124. The van der Waals surface area contributed by atoms with Crippen molar-refractivity contribution in [2.24, 2.45) is 0 Å². The predicted molar refractivity (Wildman–Crippen MR) is 128 cm³/mol. The van der Waals surface area contributed by atoms with E-state index in [-0.39, 0.29) is 23.3 Å². The Hall–Kier alpha value is -3.21. The van der Waals surface area contributed by atoms with Gasteiger partial charge in [-0.2, -0.15) is 9.57 Å². The number of hydrogen-bond donors (Lipinski definition) is 1. The zero-order valence-corrected chi connectivity index (χ0v) is 19.4. The molecule has 1 fully saturated rings. The van der Waals surface area contributed by atoms with Gasteiger partial charge >= 0.3 is 0 Å². The number of likely N-dealkylation sites (N-methyl/N-ethyl adjacent to an activating group) is 1. The molecule has 4 rings (SSSR count). The highest BCUT2D eigenvalue weighted by molar-refractivity contribution is 7.89. The molecule has 33 heavy (non-hydrogen) atoms. The van der Waals surface area contributed by atoms with Crippen LogP contribution in [0.25, 0.3) is 10.8 Å². The Kier molecular flexibility index (Phi) is 6.77. The van der Waals surface area contributed by atoms with Crippen molar-refractivity contribution in [3.8, 4) is 6.07 Å². The number of nitrogens with one attached hydrogen (secondary N) is 1. The number of carbonyl (C=O) groups is 1. The van der Waals surface area contributed by atoms with E-state index < -0.39 is 16.1 Å². The fraction of sp³-hybridized carbons (Fsp3) is 0.308. The quantitative estimate of drug-likeness (QED) is 0.576. The molecule has 1 aliphatic rings. The minimum atomic E-state index is -3.94. The van der Waals surface area contributed by atoms with Gasteiger partial charge in [-0.25, -0.2) is 8.42 Å². The van der Waals surface area contributed by atoms with Crippen molar-refractivity contribution in [1.82, 2.24) is 9.62 Å². The Bertz CT molecular complexity index is 1290. The molecule has 1 amide bonds. The Labute approximate surface area is 194 Å². The third-order valence-corrected chi connectivity index (χ3v) is 8.31. The van der Waals surface area contributed by atoms with Gasteiger partial charge in [-0.05, 0) is 59.9 Å². The summed E-state index contributed by atoms with van der Waals surface area (Å²) in [6.45, 7) is 0. The monoisotopic (exact) mass is 461 g/mol. The van der Waals surface area contributed by atoms with Crippen molar-refractivity contribution in [3.63, 3.8) is 0 Å². The van der Waals surface area contributed by atoms with E-state index in [1.54, 1.807) is 36.4 Å². The van der Waals surface area contributed by atoms with E-state index >= 15 is 0 Å². The van der Waals surface area contributed by atoms with E-state index in [1.165, 1.54) is 11.4 Å². The summed E-state index contributed by atoms with van der Waals surface area (Å²) in [5, 5.41) is 13.5. The zero-order valence-electron chi connectivity index (χ0n) is 18.6. The normalized spacial score (nSPS) is 15.4. The third-order valence-electron chi connectivity index (χ3n) is 6.35. The molecule has 170 valence electrons. The average Bonchev–Trinajstić information content (AvgIpc) is 3.37. The number of fused-ring (bicyclic) bond motifs is 1. The van der Waals surface area contributed by atoms with Crippen LogP contribution in [0.2, 0.25) is 0 Å². The Morgan fingerprint density at radius 2 is 1.73 bits per heavy atom. The smallest absolute Gasteiger partial charge is 0.244 e. The average molecular weight is 462 g/mol. The van der Waals surface area contributed by atoms with Crippen molar-refractivity contribution in [1.29, 1.82) is 5.26 Å². The molecule has 1 aliphatic carbocycles. The molecule has 0 unspecified atom stereocenters. The maximum absolute atomic E-state index is 14.0. The number of amides is 1. The summed E-state index contributed by atoms with van der Waals surface area (Å²) < 4.78 is 29.5. The first-order valence-electron chi connectivity index (χ1n) is 11.2. The molecule has 6 nitrogen and oxygen atoms in total. The van der Waals surface area contributed by atoms with Crippen LogP contribution in [-0.4, -0.2) is 37.8 Å². The molecule has 1 saturated carbocycles. The van der Waals surface area contributed by atoms with Crippen LogP contribution in [-0.2, 0) is 21.2 Å². The summed E-state index contributed by atoms with van der Waals surface area (Å²) in [5.74, 6) is -0.337. The molecule has 3 aromatic rings. The van der Waals surface area contributed by atoms with Gasteiger partial charge in [0.05, 0.1) is 16.5 Å². The van der Waals surface area contributed by atoms with Gasteiger partial charge in [0, 0.05) is 13.1 Å². The molecule has 0 bridgehead atoms. The maximum Gasteiger partial charge on any atom is 0.244 e. The fourth-order valence-corrected chi connectivity index (χ4v) is 6.50. The number of carbonyl (C=O) groups excluding carboxylic acids is 1. The van der Waals surface area contributed by atoms with Gasteiger partial charge in [0.1, 0.15) is 6.04 Å². The van der Waals surface area contributed by atoms with Crippen LogP contribution in [0.4, 0.5) is 0 Å². The molecular formula is C26H27N3O3S. The zero-order chi connectivity index (χ0) is 23.4. The molecular weight excluding hydrogens is 434 g/mol. The first-order valence-corrected chi connectivity index (χ1v) is 12.6. The summed E-state index contributed by atoms with van der Waals surface area (Å²) in [4.78, 5) is 13.3. The molecule has 0 spiro atoms. The van der Waals surface area contributed by atoms with Crippen molar-refractivity contribution in [2.75, 3.05) is 7.05 Å². The van der Waals surface area contributed by atoms with Gasteiger partial charge in [-0.15, -0.1) is 0 Å². The van der Waals surface area contributed by atoms with Gasteiger partial charge < -0.3 is 5.32 Å². The molecule has 0 radical (unpaired) electrons. The van der Waals surface area contributed by atoms with Crippen LogP contribution in [0.1, 0.15) is 36.8 Å². The van der Waals surface area contributed by atoms with Gasteiger partial charge in [-0.1, -0.05) is 55.3 Å². The second-order valence-corrected chi connectivity index (χ2v) is 10.3. The number of nitrogens with zero attached hydrogens (tertiary/aromatic N) is 2. The summed E-state index contributed by atoms with van der Waals surface area (Å²) in [7, 11) is -2.41. The van der Waals surface area contributed by atoms with E-state index in [4.69, 9.17) is 5.26 Å². The summed E-state index contributed by atoms with van der Waals surface area (Å²) >= 11 is 0. The Morgan fingerprint density at radius 3 is 2.36 bits per heavy atom. The van der Waals surface area contributed by atoms with Crippen LogP contribution in [0.5, 0.6) is 0 Å². The Balaban J connectivity index is 1.78. The van der Waals surface area contributed by atoms with E-state index in [1.807, 2.05) is 30.3 Å². The highest BCUT2D eigenvalue weighted by atomic mass is 32.2. The lowest BCUT2D eigenvalue weighted by atomic mass is 10.0.